The van der Waals surface area contributed by atoms with Crippen LogP contribution in [0.3, 0.4) is 0 Å². The smallest absolute Gasteiger partial charge is 0.105 e. The first-order valence-electron chi connectivity index (χ1n) is 6.82. The quantitative estimate of drug-likeness (QED) is 0.892. The highest BCUT2D eigenvalue weighted by atomic mass is 16.3. The van der Waals surface area contributed by atoms with E-state index in [4.69, 9.17) is 4.42 Å². The number of nitrogens with zero attached hydrogens (tertiary/aromatic N) is 1. The van der Waals surface area contributed by atoms with E-state index in [9.17, 15) is 0 Å². The lowest BCUT2D eigenvalue weighted by Crippen LogP contribution is -2.23. The zero-order valence-electron chi connectivity index (χ0n) is 12.2. The third-order valence-corrected chi connectivity index (χ3v) is 3.42. The van der Waals surface area contributed by atoms with Crippen LogP contribution >= 0.6 is 0 Å². The molecule has 0 spiro atoms. The van der Waals surface area contributed by atoms with Crippen LogP contribution < -0.4 is 5.32 Å². The molecule has 0 amide bonds. The maximum absolute atomic E-state index is 5.65. The van der Waals surface area contributed by atoms with E-state index in [1.165, 1.54) is 11.1 Å². The van der Waals surface area contributed by atoms with Gasteiger partial charge in [0.2, 0.25) is 0 Å². The molecule has 0 fully saturated rings. The van der Waals surface area contributed by atoms with Gasteiger partial charge in [-0.25, -0.2) is 0 Å². The van der Waals surface area contributed by atoms with Crippen LogP contribution in [0, 0.1) is 20.8 Å². The summed E-state index contributed by atoms with van der Waals surface area (Å²) in [4.78, 5) is 4.49. The fourth-order valence-electron chi connectivity index (χ4n) is 2.46. The Balaban J connectivity index is 2.26. The number of pyridine rings is 1. The van der Waals surface area contributed by atoms with Crippen LogP contribution in [0.1, 0.15) is 41.3 Å². The molecule has 2 aromatic heterocycles. The molecule has 0 radical (unpaired) electrons. The van der Waals surface area contributed by atoms with Gasteiger partial charge in [0.25, 0.3) is 0 Å². The molecule has 0 aliphatic heterocycles. The molecule has 1 atom stereocenters. The summed E-state index contributed by atoms with van der Waals surface area (Å²) in [5.74, 6) is 1.96. The Hall–Kier alpha value is -1.61. The number of aryl methyl sites for hydroxylation is 3. The van der Waals surface area contributed by atoms with Gasteiger partial charge in [-0.05, 0) is 45.0 Å². The maximum atomic E-state index is 5.65. The van der Waals surface area contributed by atoms with E-state index in [-0.39, 0.29) is 6.04 Å². The Kier molecular flexibility index (Phi) is 4.38. The van der Waals surface area contributed by atoms with Gasteiger partial charge in [0, 0.05) is 29.9 Å². The van der Waals surface area contributed by atoms with Crippen molar-refractivity contribution in [3.05, 3.63) is 52.7 Å². The number of hydrogen-bond donors (Lipinski definition) is 1. The maximum Gasteiger partial charge on any atom is 0.105 e. The highest BCUT2D eigenvalue weighted by molar-refractivity contribution is 5.27. The molecule has 3 nitrogen and oxygen atoms in total. The predicted octanol–water partition coefficient (Wildman–Crippen LogP) is 3.49. The Labute approximate surface area is 115 Å². The van der Waals surface area contributed by atoms with Crippen molar-refractivity contribution in [2.24, 2.45) is 0 Å². The van der Waals surface area contributed by atoms with Crippen LogP contribution in [0.4, 0.5) is 0 Å². The molecule has 2 aromatic rings. The number of aromatic nitrogens is 1. The molecular formula is C16H22N2O. The highest BCUT2D eigenvalue weighted by Gasteiger charge is 2.18. The molecule has 1 N–H and O–H groups in total. The first-order chi connectivity index (χ1) is 9.11. The standard InChI is InChI=1S/C16H22N2O/c1-5-17-16(14-9-12(3)19-13(14)4)10-15-11(2)7-6-8-18-15/h6-9,16-17H,5,10H2,1-4H3. The van der Waals surface area contributed by atoms with Gasteiger partial charge in [-0.1, -0.05) is 13.0 Å². The van der Waals surface area contributed by atoms with Crippen molar-refractivity contribution in [2.45, 2.75) is 40.2 Å². The second-order valence-electron chi connectivity index (χ2n) is 4.95. The minimum atomic E-state index is 0.260. The minimum Gasteiger partial charge on any atom is -0.466 e. The molecule has 102 valence electrons. The van der Waals surface area contributed by atoms with E-state index in [2.05, 4.69) is 36.3 Å². The van der Waals surface area contributed by atoms with E-state index in [1.54, 1.807) is 0 Å². The fraction of sp³-hybridized carbons (Fsp3) is 0.438. The first kappa shape index (κ1) is 13.8. The predicted molar refractivity (Wildman–Crippen MR) is 77.3 cm³/mol. The van der Waals surface area contributed by atoms with E-state index in [0.29, 0.717) is 0 Å². The summed E-state index contributed by atoms with van der Waals surface area (Å²) >= 11 is 0. The average molecular weight is 258 g/mol. The number of hydrogen-bond acceptors (Lipinski definition) is 3. The topological polar surface area (TPSA) is 38.1 Å². The van der Waals surface area contributed by atoms with Crippen molar-refractivity contribution in [1.82, 2.24) is 10.3 Å². The molecule has 1 unspecified atom stereocenters. The summed E-state index contributed by atoms with van der Waals surface area (Å²) in [6, 6.07) is 6.48. The largest absolute Gasteiger partial charge is 0.466 e. The summed E-state index contributed by atoms with van der Waals surface area (Å²) in [6.07, 6.45) is 2.75. The lowest BCUT2D eigenvalue weighted by atomic mass is 10.00. The summed E-state index contributed by atoms with van der Waals surface area (Å²) in [5, 5.41) is 3.53. The Morgan fingerprint density at radius 1 is 1.32 bits per heavy atom. The molecular weight excluding hydrogens is 236 g/mol. The Morgan fingerprint density at radius 3 is 2.68 bits per heavy atom. The normalized spacial score (nSPS) is 12.6. The Bertz CT molecular complexity index is 545. The van der Waals surface area contributed by atoms with Crippen LogP contribution in [0.15, 0.2) is 28.8 Å². The number of likely N-dealkylation sites (N-methyl/N-ethyl adjacent to an activating group) is 1. The van der Waals surface area contributed by atoms with E-state index in [1.807, 2.05) is 26.1 Å². The van der Waals surface area contributed by atoms with Crippen LogP contribution in [-0.4, -0.2) is 11.5 Å². The van der Waals surface area contributed by atoms with Crippen molar-refractivity contribution in [3.8, 4) is 0 Å². The number of nitrogens with one attached hydrogen (secondary N) is 1. The minimum absolute atomic E-state index is 0.260. The van der Waals surface area contributed by atoms with Crippen LogP contribution in [0.25, 0.3) is 0 Å². The number of furan rings is 1. The van der Waals surface area contributed by atoms with Gasteiger partial charge in [-0.2, -0.15) is 0 Å². The summed E-state index contributed by atoms with van der Waals surface area (Å²) in [6.45, 7) is 9.18. The molecule has 0 bridgehead atoms. The molecule has 0 aromatic carbocycles. The van der Waals surface area contributed by atoms with Gasteiger partial charge in [0.05, 0.1) is 0 Å². The lowest BCUT2D eigenvalue weighted by molar-refractivity contribution is 0.483. The molecule has 3 heteroatoms. The van der Waals surface area contributed by atoms with Gasteiger partial charge in [0.1, 0.15) is 11.5 Å². The number of rotatable bonds is 5. The van der Waals surface area contributed by atoms with Gasteiger partial charge in [-0.15, -0.1) is 0 Å². The van der Waals surface area contributed by atoms with E-state index < -0.39 is 0 Å². The average Bonchev–Trinajstić information content (AvgIpc) is 2.70. The van der Waals surface area contributed by atoms with Gasteiger partial charge in [-0.3, -0.25) is 4.98 Å². The third kappa shape index (κ3) is 3.24. The summed E-state index contributed by atoms with van der Waals surface area (Å²) < 4.78 is 5.65. The van der Waals surface area contributed by atoms with Crippen molar-refractivity contribution >= 4 is 0 Å². The zero-order chi connectivity index (χ0) is 13.8. The second kappa shape index (κ2) is 6.02. The van der Waals surface area contributed by atoms with Crippen molar-refractivity contribution < 1.29 is 4.42 Å². The summed E-state index contributed by atoms with van der Waals surface area (Å²) in [7, 11) is 0. The Morgan fingerprint density at radius 2 is 2.11 bits per heavy atom. The monoisotopic (exact) mass is 258 g/mol. The molecule has 0 aliphatic carbocycles. The molecule has 0 aliphatic rings. The zero-order valence-corrected chi connectivity index (χ0v) is 12.2. The van der Waals surface area contributed by atoms with E-state index in [0.717, 1.165) is 30.2 Å². The van der Waals surface area contributed by atoms with Crippen molar-refractivity contribution in [1.29, 1.82) is 0 Å². The fourth-order valence-corrected chi connectivity index (χ4v) is 2.46. The molecule has 2 rings (SSSR count). The van der Waals surface area contributed by atoms with Crippen LogP contribution in [0.5, 0.6) is 0 Å². The molecule has 19 heavy (non-hydrogen) atoms. The lowest BCUT2D eigenvalue weighted by Gasteiger charge is -2.18. The van der Waals surface area contributed by atoms with Crippen molar-refractivity contribution in [3.63, 3.8) is 0 Å². The molecule has 0 saturated carbocycles. The third-order valence-electron chi connectivity index (χ3n) is 3.42. The van der Waals surface area contributed by atoms with Crippen molar-refractivity contribution in [2.75, 3.05) is 6.54 Å². The second-order valence-corrected chi connectivity index (χ2v) is 4.95. The van der Waals surface area contributed by atoms with Gasteiger partial charge >= 0.3 is 0 Å². The highest BCUT2D eigenvalue weighted by Crippen LogP contribution is 2.25. The van der Waals surface area contributed by atoms with Crippen LogP contribution in [0.2, 0.25) is 0 Å². The molecule has 2 heterocycles. The van der Waals surface area contributed by atoms with Crippen LogP contribution in [-0.2, 0) is 6.42 Å². The van der Waals surface area contributed by atoms with E-state index >= 15 is 0 Å². The first-order valence-corrected chi connectivity index (χ1v) is 6.82. The SMILES string of the molecule is CCNC(Cc1ncccc1C)c1cc(C)oc1C. The molecule has 0 saturated heterocycles. The van der Waals surface area contributed by atoms with Gasteiger partial charge < -0.3 is 9.73 Å². The summed E-state index contributed by atoms with van der Waals surface area (Å²) in [5.41, 5.74) is 3.62. The van der Waals surface area contributed by atoms with Gasteiger partial charge in [0.15, 0.2) is 0 Å².